The number of fused-ring (bicyclic) bond motifs is 1. The van der Waals surface area contributed by atoms with E-state index in [1.807, 2.05) is 37.4 Å². The summed E-state index contributed by atoms with van der Waals surface area (Å²) < 4.78 is 0.916. The maximum atomic E-state index is 12.5. The van der Waals surface area contributed by atoms with Crippen molar-refractivity contribution in [1.82, 2.24) is 15.0 Å². The molecule has 0 radical (unpaired) electrons. The molecular formula is C20H20BrN5O. The van der Waals surface area contributed by atoms with Crippen LogP contribution in [0, 0.1) is 12.8 Å². The number of nitrogens with one attached hydrogen (secondary N) is 1. The Kier molecular flexibility index (Phi) is 5.03. The van der Waals surface area contributed by atoms with Crippen molar-refractivity contribution in [3.8, 4) is 0 Å². The molecule has 0 aliphatic carbocycles. The number of anilines is 2. The van der Waals surface area contributed by atoms with Crippen molar-refractivity contribution in [3.05, 3.63) is 52.9 Å². The fourth-order valence-electron chi connectivity index (χ4n) is 3.40. The van der Waals surface area contributed by atoms with Crippen LogP contribution in [0.1, 0.15) is 18.4 Å². The predicted molar refractivity (Wildman–Crippen MR) is 110 cm³/mol. The molecule has 0 aromatic carbocycles. The third kappa shape index (κ3) is 3.93. The van der Waals surface area contributed by atoms with Gasteiger partial charge in [-0.15, -0.1) is 0 Å². The minimum absolute atomic E-state index is 0.000409. The Hall–Kier alpha value is -2.54. The largest absolute Gasteiger partial charge is 0.370 e. The van der Waals surface area contributed by atoms with Crippen LogP contribution in [0.15, 0.2) is 47.3 Å². The highest BCUT2D eigenvalue weighted by molar-refractivity contribution is 9.10. The van der Waals surface area contributed by atoms with Crippen molar-refractivity contribution in [3.63, 3.8) is 0 Å². The molecule has 0 unspecified atom stereocenters. The summed E-state index contributed by atoms with van der Waals surface area (Å²) in [5.41, 5.74) is 3.91. The van der Waals surface area contributed by atoms with Crippen molar-refractivity contribution in [1.29, 1.82) is 0 Å². The van der Waals surface area contributed by atoms with Gasteiger partial charge in [0.05, 0.1) is 11.2 Å². The first-order valence-electron chi connectivity index (χ1n) is 8.99. The Bertz CT molecular complexity index is 968. The number of rotatable bonds is 3. The van der Waals surface area contributed by atoms with Gasteiger partial charge in [0.25, 0.3) is 0 Å². The number of amides is 1. The van der Waals surface area contributed by atoms with E-state index in [1.165, 1.54) is 0 Å². The van der Waals surface area contributed by atoms with E-state index in [0.29, 0.717) is 5.82 Å². The minimum Gasteiger partial charge on any atom is -0.370 e. The highest BCUT2D eigenvalue weighted by Crippen LogP contribution is 2.29. The normalized spacial score (nSPS) is 15.1. The summed E-state index contributed by atoms with van der Waals surface area (Å²) in [6.45, 7) is 3.61. The molecule has 4 rings (SSSR count). The van der Waals surface area contributed by atoms with Crippen molar-refractivity contribution in [2.24, 2.45) is 5.92 Å². The summed E-state index contributed by atoms with van der Waals surface area (Å²) in [6.07, 6.45) is 6.98. The second kappa shape index (κ2) is 7.60. The van der Waals surface area contributed by atoms with Gasteiger partial charge in [-0.25, -0.2) is 4.98 Å². The summed E-state index contributed by atoms with van der Waals surface area (Å²) in [5, 5.41) is 2.93. The molecule has 1 fully saturated rings. The van der Waals surface area contributed by atoms with Crippen molar-refractivity contribution < 1.29 is 4.79 Å². The summed E-state index contributed by atoms with van der Waals surface area (Å²) >= 11 is 3.44. The van der Waals surface area contributed by atoms with Gasteiger partial charge in [-0.05, 0) is 59.5 Å². The van der Waals surface area contributed by atoms with Gasteiger partial charge in [-0.3, -0.25) is 14.8 Å². The Morgan fingerprint density at radius 3 is 2.70 bits per heavy atom. The fourth-order valence-corrected chi connectivity index (χ4v) is 3.72. The molecule has 1 aliphatic heterocycles. The standard InChI is InChI=1S/C20H20BrN5O/c1-13-2-3-18(23-11-13)25-20(27)14-5-8-26(9-6-14)17-4-7-22-16-10-15(21)12-24-19(16)17/h2-4,7,10-12,14H,5-6,8-9H2,1H3,(H,23,25,27). The molecule has 0 atom stereocenters. The van der Waals surface area contributed by atoms with Crippen LogP contribution in [0.4, 0.5) is 11.5 Å². The molecule has 0 spiro atoms. The monoisotopic (exact) mass is 425 g/mol. The number of carbonyl (C=O) groups excluding carboxylic acids is 1. The van der Waals surface area contributed by atoms with E-state index in [4.69, 9.17) is 0 Å². The second-order valence-corrected chi connectivity index (χ2v) is 7.74. The molecule has 27 heavy (non-hydrogen) atoms. The van der Waals surface area contributed by atoms with E-state index in [-0.39, 0.29) is 11.8 Å². The van der Waals surface area contributed by atoms with Gasteiger partial charge >= 0.3 is 0 Å². The molecule has 1 saturated heterocycles. The van der Waals surface area contributed by atoms with E-state index < -0.39 is 0 Å². The lowest BCUT2D eigenvalue weighted by Gasteiger charge is -2.33. The lowest BCUT2D eigenvalue weighted by molar-refractivity contribution is -0.120. The summed E-state index contributed by atoms with van der Waals surface area (Å²) in [6, 6.07) is 7.76. The van der Waals surface area contributed by atoms with Crippen molar-refractivity contribution in [2.45, 2.75) is 19.8 Å². The molecule has 3 aromatic rings. The van der Waals surface area contributed by atoms with E-state index in [9.17, 15) is 4.79 Å². The predicted octanol–water partition coefficient (Wildman–Crippen LogP) is 3.95. The number of hydrogen-bond donors (Lipinski definition) is 1. The van der Waals surface area contributed by atoms with Crippen LogP contribution in [0.5, 0.6) is 0 Å². The molecule has 7 heteroatoms. The number of pyridine rings is 3. The minimum atomic E-state index is -0.000409. The maximum absolute atomic E-state index is 12.5. The molecule has 6 nitrogen and oxygen atoms in total. The van der Waals surface area contributed by atoms with Crippen LogP contribution in [-0.4, -0.2) is 33.9 Å². The smallest absolute Gasteiger partial charge is 0.228 e. The van der Waals surface area contributed by atoms with Crippen LogP contribution < -0.4 is 10.2 Å². The van der Waals surface area contributed by atoms with Gasteiger partial charge in [0.1, 0.15) is 11.3 Å². The Morgan fingerprint density at radius 1 is 1.15 bits per heavy atom. The van der Waals surface area contributed by atoms with Gasteiger partial charge in [0, 0.05) is 42.1 Å². The first-order chi connectivity index (χ1) is 13.1. The summed E-state index contributed by atoms with van der Waals surface area (Å²) in [4.78, 5) is 28.0. The molecule has 0 bridgehead atoms. The fraction of sp³-hybridized carbons (Fsp3) is 0.300. The molecule has 0 saturated carbocycles. The zero-order valence-corrected chi connectivity index (χ0v) is 16.6. The van der Waals surface area contributed by atoms with Gasteiger partial charge in [-0.1, -0.05) is 6.07 Å². The average Bonchev–Trinajstić information content (AvgIpc) is 2.69. The topological polar surface area (TPSA) is 71.0 Å². The SMILES string of the molecule is Cc1ccc(NC(=O)C2CCN(c3ccnc4cc(Br)cnc34)CC2)nc1. The van der Waals surface area contributed by atoms with Crippen LogP contribution in [0.25, 0.3) is 11.0 Å². The van der Waals surface area contributed by atoms with Crippen LogP contribution in [-0.2, 0) is 4.79 Å². The number of piperidine rings is 1. The summed E-state index contributed by atoms with van der Waals surface area (Å²) in [7, 11) is 0. The second-order valence-electron chi connectivity index (χ2n) is 6.82. The number of hydrogen-bond acceptors (Lipinski definition) is 5. The molecule has 3 aromatic heterocycles. The molecule has 138 valence electrons. The van der Waals surface area contributed by atoms with Gasteiger partial charge < -0.3 is 10.2 Å². The zero-order valence-electron chi connectivity index (χ0n) is 15.0. The lowest BCUT2D eigenvalue weighted by Crippen LogP contribution is -2.38. The quantitative estimate of drug-likeness (QED) is 0.687. The highest BCUT2D eigenvalue weighted by atomic mass is 79.9. The van der Waals surface area contributed by atoms with E-state index in [0.717, 1.165) is 52.7 Å². The van der Waals surface area contributed by atoms with E-state index >= 15 is 0 Å². The van der Waals surface area contributed by atoms with Crippen LogP contribution >= 0.6 is 15.9 Å². The van der Waals surface area contributed by atoms with E-state index in [1.54, 1.807) is 12.4 Å². The number of carbonyl (C=O) groups is 1. The number of aryl methyl sites for hydroxylation is 1. The van der Waals surface area contributed by atoms with Crippen molar-refractivity contribution >= 4 is 44.4 Å². The third-order valence-corrected chi connectivity index (χ3v) is 5.33. The summed E-state index contributed by atoms with van der Waals surface area (Å²) in [5.74, 6) is 0.662. The Morgan fingerprint density at radius 2 is 1.96 bits per heavy atom. The molecule has 1 amide bonds. The van der Waals surface area contributed by atoms with E-state index in [2.05, 4.69) is 41.1 Å². The molecule has 4 heterocycles. The third-order valence-electron chi connectivity index (χ3n) is 4.89. The Labute approximate surface area is 166 Å². The van der Waals surface area contributed by atoms with Gasteiger partial charge in [-0.2, -0.15) is 0 Å². The lowest BCUT2D eigenvalue weighted by atomic mass is 9.95. The first-order valence-corrected chi connectivity index (χ1v) is 9.78. The molecule has 1 N–H and O–H groups in total. The maximum Gasteiger partial charge on any atom is 0.228 e. The molecular weight excluding hydrogens is 406 g/mol. The highest BCUT2D eigenvalue weighted by Gasteiger charge is 2.26. The van der Waals surface area contributed by atoms with Gasteiger partial charge in [0.2, 0.25) is 5.91 Å². The van der Waals surface area contributed by atoms with Crippen molar-refractivity contribution in [2.75, 3.05) is 23.3 Å². The van der Waals surface area contributed by atoms with Crippen LogP contribution in [0.3, 0.4) is 0 Å². The number of nitrogens with zero attached hydrogens (tertiary/aromatic N) is 4. The van der Waals surface area contributed by atoms with Crippen LogP contribution in [0.2, 0.25) is 0 Å². The number of aromatic nitrogens is 3. The van der Waals surface area contributed by atoms with Gasteiger partial charge in [0.15, 0.2) is 0 Å². The Balaban J connectivity index is 1.43. The molecule has 1 aliphatic rings. The number of halogens is 1. The average molecular weight is 426 g/mol. The first kappa shape index (κ1) is 17.9. The zero-order chi connectivity index (χ0) is 18.8.